The van der Waals surface area contributed by atoms with Crippen molar-refractivity contribution in [3.8, 4) is 0 Å². The first-order chi connectivity index (χ1) is 8.61. The van der Waals surface area contributed by atoms with Gasteiger partial charge in [0, 0.05) is 20.2 Å². The minimum absolute atomic E-state index is 0.163. The summed E-state index contributed by atoms with van der Waals surface area (Å²) in [5.74, 6) is -0.657. The minimum atomic E-state index is -0.436. The summed E-state index contributed by atoms with van der Waals surface area (Å²) in [6.07, 6.45) is 1.85. The largest absolute Gasteiger partial charge is 0.381 e. The molecule has 1 aromatic rings. The average molecular weight is 251 g/mol. The number of nitrogens with zero attached hydrogens (tertiary/aromatic N) is 1. The normalized spacial score (nSPS) is 16.9. The van der Waals surface area contributed by atoms with Crippen LogP contribution in [0.3, 0.4) is 0 Å². The molecule has 1 aliphatic rings. The lowest BCUT2D eigenvalue weighted by Gasteiger charge is -2.31. The fourth-order valence-corrected chi connectivity index (χ4v) is 2.26. The fraction of sp³-hybridized carbons (Fsp3) is 0.500. The number of hydrogen-bond acceptors (Lipinski definition) is 2. The molecule has 98 valence electrons. The number of methoxy groups -OCH3 is 1. The van der Waals surface area contributed by atoms with Crippen LogP contribution in [-0.4, -0.2) is 37.1 Å². The summed E-state index contributed by atoms with van der Waals surface area (Å²) < 4.78 is 19.0. The molecule has 1 aliphatic heterocycles. The molecule has 0 bridgehead atoms. The lowest BCUT2D eigenvalue weighted by molar-refractivity contribution is 0.0348. The van der Waals surface area contributed by atoms with E-state index < -0.39 is 5.82 Å². The first-order valence-electron chi connectivity index (χ1n) is 6.20. The summed E-state index contributed by atoms with van der Waals surface area (Å²) in [7, 11) is 1.68. The highest BCUT2D eigenvalue weighted by Crippen LogP contribution is 2.18. The Kier molecular flexibility index (Phi) is 3.97. The third kappa shape index (κ3) is 2.70. The maximum absolute atomic E-state index is 13.7. The van der Waals surface area contributed by atoms with Crippen LogP contribution in [0.5, 0.6) is 0 Å². The van der Waals surface area contributed by atoms with Crippen LogP contribution in [0.1, 0.15) is 28.8 Å². The quantitative estimate of drug-likeness (QED) is 0.807. The fourth-order valence-electron chi connectivity index (χ4n) is 2.26. The van der Waals surface area contributed by atoms with Crippen molar-refractivity contribution < 1.29 is 13.9 Å². The molecule has 1 amide bonds. The van der Waals surface area contributed by atoms with Gasteiger partial charge in [-0.2, -0.15) is 0 Å². The number of hydrogen-bond donors (Lipinski definition) is 0. The zero-order valence-corrected chi connectivity index (χ0v) is 10.8. The number of rotatable bonds is 2. The highest BCUT2D eigenvalue weighted by atomic mass is 19.1. The van der Waals surface area contributed by atoms with Crippen molar-refractivity contribution >= 4 is 5.91 Å². The van der Waals surface area contributed by atoms with Crippen molar-refractivity contribution in [1.82, 2.24) is 4.90 Å². The molecule has 1 saturated heterocycles. The van der Waals surface area contributed by atoms with Crippen molar-refractivity contribution in [2.75, 3.05) is 20.2 Å². The monoisotopic (exact) mass is 251 g/mol. The van der Waals surface area contributed by atoms with Crippen LogP contribution in [0.4, 0.5) is 4.39 Å². The Morgan fingerprint density at radius 3 is 2.61 bits per heavy atom. The maximum Gasteiger partial charge on any atom is 0.256 e. The third-order valence-corrected chi connectivity index (χ3v) is 3.42. The molecule has 0 spiro atoms. The second-order valence-corrected chi connectivity index (χ2v) is 4.71. The van der Waals surface area contributed by atoms with Crippen LogP contribution in [0, 0.1) is 12.7 Å². The van der Waals surface area contributed by atoms with Crippen molar-refractivity contribution in [2.45, 2.75) is 25.9 Å². The van der Waals surface area contributed by atoms with E-state index in [-0.39, 0.29) is 17.6 Å². The first-order valence-corrected chi connectivity index (χ1v) is 6.20. The van der Waals surface area contributed by atoms with Crippen LogP contribution in [0.15, 0.2) is 18.2 Å². The Morgan fingerprint density at radius 1 is 1.39 bits per heavy atom. The van der Waals surface area contributed by atoms with Gasteiger partial charge in [0.15, 0.2) is 0 Å². The number of aryl methyl sites for hydroxylation is 1. The predicted molar refractivity (Wildman–Crippen MR) is 67.1 cm³/mol. The van der Waals surface area contributed by atoms with E-state index in [1.165, 1.54) is 6.07 Å². The molecular formula is C14H18FNO2. The predicted octanol–water partition coefficient (Wildman–Crippen LogP) is 2.39. The molecule has 3 nitrogen and oxygen atoms in total. The summed E-state index contributed by atoms with van der Waals surface area (Å²) in [6, 6.07) is 4.72. The van der Waals surface area contributed by atoms with Gasteiger partial charge < -0.3 is 9.64 Å². The van der Waals surface area contributed by atoms with E-state index in [0.29, 0.717) is 13.1 Å². The van der Waals surface area contributed by atoms with Crippen LogP contribution < -0.4 is 0 Å². The molecule has 1 aromatic carbocycles. The number of halogens is 1. The van der Waals surface area contributed by atoms with Gasteiger partial charge in [-0.05, 0) is 37.5 Å². The molecule has 0 N–H and O–H groups in total. The second-order valence-electron chi connectivity index (χ2n) is 4.71. The van der Waals surface area contributed by atoms with Crippen molar-refractivity contribution in [3.63, 3.8) is 0 Å². The topological polar surface area (TPSA) is 29.5 Å². The van der Waals surface area contributed by atoms with E-state index in [9.17, 15) is 9.18 Å². The second kappa shape index (κ2) is 5.48. The lowest BCUT2D eigenvalue weighted by atomic mass is 10.1. The zero-order chi connectivity index (χ0) is 13.1. The SMILES string of the molecule is COC1CCN(C(=O)c2ccc(C)cc2F)CC1. The van der Waals surface area contributed by atoms with Gasteiger partial charge in [-0.25, -0.2) is 4.39 Å². The molecule has 0 radical (unpaired) electrons. The Labute approximate surface area is 107 Å². The van der Waals surface area contributed by atoms with Gasteiger partial charge >= 0.3 is 0 Å². The highest BCUT2D eigenvalue weighted by Gasteiger charge is 2.24. The van der Waals surface area contributed by atoms with Gasteiger partial charge in [-0.1, -0.05) is 6.07 Å². The van der Waals surface area contributed by atoms with Crippen molar-refractivity contribution in [1.29, 1.82) is 0 Å². The standard InChI is InChI=1S/C14H18FNO2/c1-10-3-4-12(13(15)9-10)14(17)16-7-5-11(18-2)6-8-16/h3-4,9,11H,5-8H2,1-2H3. The van der Waals surface area contributed by atoms with Gasteiger partial charge in [0.2, 0.25) is 0 Å². The van der Waals surface area contributed by atoms with E-state index in [1.807, 2.05) is 0 Å². The highest BCUT2D eigenvalue weighted by molar-refractivity contribution is 5.94. The third-order valence-electron chi connectivity index (χ3n) is 3.42. The van der Waals surface area contributed by atoms with E-state index >= 15 is 0 Å². The number of amides is 1. The summed E-state index contributed by atoms with van der Waals surface area (Å²) in [6.45, 7) is 3.07. The van der Waals surface area contributed by atoms with Crippen LogP contribution in [0.2, 0.25) is 0 Å². The molecule has 0 saturated carbocycles. The summed E-state index contributed by atoms with van der Waals surface area (Å²) in [5, 5.41) is 0. The lowest BCUT2D eigenvalue weighted by Crippen LogP contribution is -2.40. The minimum Gasteiger partial charge on any atom is -0.381 e. The maximum atomic E-state index is 13.7. The molecule has 4 heteroatoms. The van der Waals surface area contributed by atoms with Gasteiger partial charge in [0.05, 0.1) is 11.7 Å². The average Bonchev–Trinajstić information content (AvgIpc) is 2.38. The van der Waals surface area contributed by atoms with Gasteiger partial charge in [0.25, 0.3) is 5.91 Å². The Balaban J connectivity index is 2.08. The van der Waals surface area contributed by atoms with Gasteiger partial charge in [0.1, 0.15) is 5.82 Å². The van der Waals surface area contributed by atoms with Crippen molar-refractivity contribution in [3.05, 3.63) is 35.1 Å². The molecule has 2 rings (SSSR count). The molecule has 0 aromatic heterocycles. The van der Waals surface area contributed by atoms with Gasteiger partial charge in [-0.3, -0.25) is 4.79 Å². The van der Waals surface area contributed by atoms with Crippen LogP contribution >= 0.6 is 0 Å². The molecule has 0 atom stereocenters. The number of carbonyl (C=O) groups excluding carboxylic acids is 1. The number of benzene rings is 1. The number of likely N-dealkylation sites (tertiary alicyclic amines) is 1. The Hall–Kier alpha value is -1.42. The van der Waals surface area contributed by atoms with E-state index in [4.69, 9.17) is 4.74 Å². The first kappa shape index (κ1) is 13.0. The molecular weight excluding hydrogens is 233 g/mol. The molecule has 0 unspecified atom stereocenters. The number of piperidine rings is 1. The van der Waals surface area contributed by atoms with Crippen LogP contribution in [-0.2, 0) is 4.74 Å². The van der Waals surface area contributed by atoms with E-state index in [1.54, 1.807) is 31.1 Å². The number of carbonyl (C=O) groups is 1. The summed E-state index contributed by atoms with van der Waals surface area (Å²) in [5.41, 5.74) is 0.985. The van der Waals surface area contributed by atoms with Crippen LogP contribution in [0.25, 0.3) is 0 Å². The summed E-state index contributed by atoms with van der Waals surface area (Å²) in [4.78, 5) is 13.9. The smallest absolute Gasteiger partial charge is 0.256 e. The molecule has 0 aliphatic carbocycles. The van der Waals surface area contributed by atoms with E-state index in [0.717, 1.165) is 18.4 Å². The molecule has 18 heavy (non-hydrogen) atoms. The van der Waals surface area contributed by atoms with Crippen molar-refractivity contribution in [2.24, 2.45) is 0 Å². The summed E-state index contributed by atoms with van der Waals surface area (Å²) >= 11 is 0. The Bertz CT molecular complexity index is 439. The van der Waals surface area contributed by atoms with E-state index in [2.05, 4.69) is 0 Å². The Morgan fingerprint density at radius 2 is 2.06 bits per heavy atom. The molecule has 1 heterocycles. The van der Waals surface area contributed by atoms with Gasteiger partial charge in [-0.15, -0.1) is 0 Å². The molecule has 1 fully saturated rings. The zero-order valence-electron chi connectivity index (χ0n) is 10.8. The number of ether oxygens (including phenoxy) is 1.